The number of para-hydroxylation sites is 1. The van der Waals surface area contributed by atoms with E-state index in [2.05, 4.69) is 10.3 Å². The number of ether oxygens (including phenoxy) is 1. The van der Waals surface area contributed by atoms with Crippen molar-refractivity contribution in [1.82, 2.24) is 4.98 Å². The Morgan fingerprint density at radius 3 is 2.73 bits per heavy atom. The number of thiazole rings is 1. The average molecular weight is 314 g/mol. The largest absolute Gasteiger partial charge is 0.496 e. The molecule has 0 unspecified atom stereocenters. The van der Waals surface area contributed by atoms with E-state index in [9.17, 15) is 4.39 Å². The summed E-state index contributed by atoms with van der Waals surface area (Å²) in [4.78, 5) is 4.44. The molecule has 0 amide bonds. The van der Waals surface area contributed by atoms with Crippen LogP contribution < -0.4 is 10.1 Å². The van der Waals surface area contributed by atoms with E-state index in [1.807, 2.05) is 29.6 Å². The molecule has 1 aromatic heterocycles. The number of nitrogens with zero attached hydrogens (tertiary/aromatic N) is 1. The molecule has 0 saturated heterocycles. The lowest BCUT2D eigenvalue weighted by molar-refractivity contribution is 0.410. The number of rotatable bonds is 5. The first-order valence-electron chi connectivity index (χ1n) is 6.84. The van der Waals surface area contributed by atoms with Crippen molar-refractivity contribution in [2.75, 3.05) is 12.4 Å². The van der Waals surface area contributed by atoms with Gasteiger partial charge >= 0.3 is 0 Å². The molecule has 5 heteroatoms. The summed E-state index contributed by atoms with van der Waals surface area (Å²) < 4.78 is 19.1. The number of methoxy groups -OCH3 is 1. The Morgan fingerprint density at radius 1 is 1.14 bits per heavy atom. The molecular weight excluding hydrogens is 299 g/mol. The highest BCUT2D eigenvalue weighted by atomic mass is 32.1. The number of aromatic nitrogens is 1. The van der Waals surface area contributed by atoms with Crippen LogP contribution in [0.4, 0.5) is 9.52 Å². The second kappa shape index (κ2) is 6.58. The van der Waals surface area contributed by atoms with Gasteiger partial charge in [-0.1, -0.05) is 30.3 Å². The molecule has 3 nitrogen and oxygen atoms in total. The maximum Gasteiger partial charge on any atom is 0.183 e. The van der Waals surface area contributed by atoms with Gasteiger partial charge in [0.2, 0.25) is 0 Å². The molecule has 1 N–H and O–H groups in total. The molecule has 0 atom stereocenters. The van der Waals surface area contributed by atoms with Crippen LogP contribution in [0.15, 0.2) is 53.9 Å². The molecule has 2 aromatic carbocycles. The first kappa shape index (κ1) is 14.5. The van der Waals surface area contributed by atoms with E-state index in [1.54, 1.807) is 25.3 Å². The van der Waals surface area contributed by atoms with Gasteiger partial charge in [-0.25, -0.2) is 9.37 Å². The van der Waals surface area contributed by atoms with E-state index < -0.39 is 0 Å². The lowest BCUT2D eigenvalue weighted by Gasteiger charge is -2.08. The van der Waals surface area contributed by atoms with E-state index in [0.717, 1.165) is 16.4 Å². The average Bonchev–Trinajstić information content (AvgIpc) is 3.02. The lowest BCUT2D eigenvalue weighted by Crippen LogP contribution is -2.01. The number of halogens is 1. The SMILES string of the molecule is COc1ccccc1CNc1nc(-c2ccccc2F)cs1. The van der Waals surface area contributed by atoms with E-state index in [1.165, 1.54) is 17.4 Å². The summed E-state index contributed by atoms with van der Waals surface area (Å²) in [6, 6.07) is 14.5. The fourth-order valence-corrected chi connectivity index (χ4v) is 2.88. The van der Waals surface area contributed by atoms with Crippen molar-refractivity contribution in [3.05, 3.63) is 65.3 Å². The van der Waals surface area contributed by atoms with Crippen LogP contribution in [-0.4, -0.2) is 12.1 Å². The molecule has 0 bridgehead atoms. The van der Waals surface area contributed by atoms with Crippen LogP contribution in [0.1, 0.15) is 5.56 Å². The fourth-order valence-electron chi connectivity index (χ4n) is 2.17. The molecule has 22 heavy (non-hydrogen) atoms. The molecule has 0 radical (unpaired) electrons. The maximum absolute atomic E-state index is 13.8. The Kier molecular flexibility index (Phi) is 4.34. The highest BCUT2D eigenvalue weighted by Crippen LogP contribution is 2.27. The van der Waals surface area contributed by atoms with Gasteiger partial charge in [0.05, 0.1) is 12.8 Å². The van der Waals surface area contributed by atoms with Gasteiger partial charge in [0.15, 0.2) is 5.13 Å². The van der Waals surface area contributed by atoms with Gasteiger partial charge in [0.1, 0.15) is 11.6 Å². The topological polar surface area (TPSA) is 34.1 Å². The minimum absolute atomic E-state index is 0.260. The second-order valence-corrected chi connectivity index (χ2v) is 5.54. The number of nitrogens with one attached hydrogen (secondary N) is 1. The van der Waals surface area contributed by atoms with Gasteiger partial charge in [0, 0.05) is 23.1 Å². The van der Waals surface area contributed by atoms with Crippen molar-refractivity contribution in [2.24, 2.45) is 0 Å². The minimum atomic E-state index is -0.260. The van der Waals surface area contributed by atoms with Crippen molar-refractivity contribution < 1.29 is 9.13 Å². The molecule has 3 aromatic rings. The van der Waals surface area contributed by atoms with Crippen LogP contribution in [0, 0.1) is 5.82 Å². The van der Waals surface area contributed by atoms with E-state index in [4.69, 9.17) is 4.74 Å². The van der Waals surface area contributed by atoms with Gasteiger partial charge in [-0.3, -0.25) is 0 Å². The third-order valence-corrected chi connectivity index (χ3v) is 4.08. The van der Waals surface area contributed by atoms with Crippen LogP contribution >= 0.6 is 11.3 Å². The van der Waals surface area contributed by atoms with Gasteiger partial charge in [0.25, 0.3) is 0 Å². The summed E-state index contributed by atoms with van der Waals surface area (Å²) in [6.07, 6.45) is 0. The number of anilines is 1. The van der Waals surface area contributed by atoms with Gasteiger partial charge < -0.3 is 10.1 Å². The second-order valence-electron chi connectivity index (χ2n) is 4.68. The first-order chi connectivity index (χ1) is 10.8. The minimum Gasteiger partial charge on any atom is -0.496 e. The summed E-state index contributed by atoms with van der Waals surface area (Å²) in [6.45, 7) is 0.605. The van der Waals surface area contributed by atoms with Crippen LogP contribution in [0.25, 0.3) is 11.3 Å². The van der Waals surface area contributed by atoms with Crippen LogP contribution in [-0.2, 0) is 6.54 Å². The summed E-state index contributed by atoms with van der Waals surface area (Å²) in [7, 11) is 1.65. The Hall–Kier alpha value is -2.40. The monoisotopic (exact) mass is 314 g/mol. The summed E-state index contributed by atoms with van der Waals surface area (Å²) in [5, 5.41) is 5.85. The third kappa shape index (κ3) is 3.09. The molecule has 1 heterocycles. The predicted molar refractivity (Wildman–Crippen MR) is 87.8 cm³/mol. The Morgan fingerprint density at radius 2 is 1.91 bits per heavy atom. The number of hydrogen-bond donors (Lipinski definition) is 1. The van der Waals surface area contributed by atoms with E-state index >= 15 is 0 Å². The van der Waals surface area contributed by atoms with Crippen molar-refractivity contribution in [3.8, 4) is 17.0 Å². The Bertz CT molecular complexity index is 773. The summed E-state index contributed by atoms with van der Waals surface area (Å²) >= 11 is 1.46. The normalized spacial score (nSPS) is 10.5. The molecular formula is C17H15FN2OS. The zero-order valence-electron chi connectivity index (χ0n) is 12.0. The Labute approximate surface area is 132 Å². The molecule has 0 aliphatic carbocycles. The Balaban J connectivity index is 1.74. The maximum atomic E-state index is 13.8. The van der Waals surface area contributed by atoms with E-state index in [-0.39, 0.29) is 5.82 Å². The number of benzene rings is 2. The lowest BCUT2D eigenvalue weighted by atomic mass is 10.2. The van der Waals surface area contributed by atoms with Gasteiger partial charge in [-0.15, -0.1) is 11.3 Å². The molecule has 0 aliphatic rings. The quantitative estimate of drug-likeness (QED) is 0.749. The van der Waals surface area contributed by atoms with Crippen LogP contribution in [0.2, 0.25) is 0 Å². The molecule has 0 fully saturated rings. The highest BCUT2D eigenvalue weighted by molar-refractivity contribution is 7.14. The van der Waals surface area contributed by atoms with Crippen LogP contribution in [0.5, 0.6) is 5.75 Å². The van der Waals surface area contributed by atoms with Crippen molar-refractivity contribution >= 4 is 16.5 Å². The highest BCUT2D eigenvalue weighted by Gasteiger charge is 2.09. The van der Waals surface area contributed by atoms with Crippen LogP contribution in [0.3, 0.4) is 0 Å². The molecule has 112 valence electrons. The standard InChI is InChI=1S/C17H15FN2OS/c1-21-16-9-5-2-6-12(16)10-19-17-20-15(11-22-17)13-7-3-4-8-14(13)18/h2-9,11H,10H2,1H3,(H,19,20). The summed E-state index contributed by atoms with van der Waals surface area (Å²) in [5.74, 6) is 0.574. The van der Waals surface area contributed by atoms with Gasteiger partial charge in [-0.05, 0) is 18.2 Å². The zero-order valence-corrected chi connectivity index (χ0v) is 12.9. The van der Waals surface area contributed by atoms with Crippen molar-refractivity contribution in [3.63, 3.8) is 0 Å². The summed E-state index contributed by atoms with van der Waals surface area (Å²) in [5.41, 5.74) is 2.21. The van der Waals surface area contributed by atoms with Crippen molar-refractivity contribution in [1.29, 1.82) is 0 Å². The molecule has 0 spiro atoms. The predicted octanol–water partition coefficient (Wildman–Crippen LogP) is 4.57. The van der Waals surface area contributed by atoms with Crippen molar-refractivity contribution in [2.45, 2.75) is 6.54 Å². The zero-order chi connectivity index (χ0) is 15.4. The van der Waals surface area contributed by atoms with Gasteiger partial charge in [-0.2, -0.15) is 0 Å². The fraction of sp³-hybridized carbons (Fsp3) is 0.118. The number of hydrogen-bond acceptors (Lipinski definition) is 4. The third-order valence-electron chi connectivity index (χ3n) is 3.28. The molecule has 0 saturated carbocycles. The molecule has 0 aliphatic heterocycles. The first-order valence-corrected chi connectivity index (χ1v) is 7.72. The smallest absolute Gasteiger partial charge is 0.183 e. The molecule has 3 rings (SSSR count). The van der Waals surface area contributed by atoms with E-state index in [0.29, 0.717) is 17.8 Å².